The molecule has 0 radical (unpaired) electrons. The van der Waals surface area contributed by atoms with E-state index in [2.05, 4.69) is 10.0 Å². The van der Waals surface area contributed by atoms with E-state index >= 15 is 0 Å². The van der Waals surface area contributed by atoms with E-state index in [1.165, 1.54) is 0 Å². The van der Waals surface area contributed by atoms with Gasteiger partial charge < -0.3 is 9.88 Å². The van der Waals surface area contributed by atoms with Crippen molar-refractivity contribution in [1.29, 1.82) is 0 Å². The van der Waals surface area contributed by atoms with E-state index in [0.29, 0.717) is 17.1 Å². The third kappa shape index (κ3) is 3.79. The molecule has 1 amide bonds. The molecule has 158 valence electrons. The number of benzene rings is 2. The quantitative estimate of drug-likeness (QED) is 0.574. The lowest BCUT2D eigenvalue weighted by atomic mass is 9.85. The van der Waals surface area contributed by atoms with Crippen molar-refractivity contribution < 1.29 is 13.2 Å². The Kier molecular flexibility index (Phi) is 5.28. The van der Waals surface area contributed by atoms with E-state index in [9.17, 15) is 13.2 Å². The number of hydrogen-bond donors (Lipinski definition) is 2. The number of carbonyl (C=O) groups excluding carboxylic acids is 1. The number of aromatic nitrogens is 1. The predicted octanol–water partition coefficient (Wildman–Crippen LogP) is 4.10. The smallest absolute Gasteiger partial charge is 0.251 e. The van der Waals surface area contributed by atoms with Gasteiger partial charge in [-0.3, -0.25) is 9.52 Å². The molecule has 1 aliphatic rings. The van der Waals surface area contributed by atoms with E-state index in [1.54, 1.807) is 24.3 Å². The molecule has 1 fully saturated rings. The fourth-order valence-corrected chi connectivity index (χ4v) is 4.67. The van der Waals surface area contributed by atoms with Gasteiger partial charge >= 0.3 is 0 Å². The fraction of sp³-hybridized carbons (Fsp3) is 0.318. The molecule has 1 aromatic heterocycles. The summed E-state index contributed by atoms with van der Waals surface area (Å²) in [5.41, 5.74) is 1.09. The van der Waals surface area contributed by atoms with Crippen LogP contribution in [-0.4, -0.2) is 31.2 Å². The molecular formula is C22H24ClN3O3S. The Labute approximate surface area is 181 Å². The van der Waals surface area contributed by atoms with Gasteiger partial charge in [0.2, 0.25) is 10.0 Å². The van der Waals surface area contributed by atoms with Crippen molar-refractivity contribution in [3.8, 4) is 0 Å². The Morgan fingerprint density at radius 3 is 2.47 bits per heavy atom. The van der Waals surface area contributed by atoms with E-state index in [0.717, 1.165) is 35.6 Å². The number of amides is 1. The number of hydrogen-bond acceptors (Lipinski definition) is 3. The van der Waals surface area contributed by atoms with Gasteiger partial charge in [-0.25, -0.2) is 8.42 Å². The summed E-state index contributed by atoms with van der Waals surface area (Å²) in [6, 6.07) is 14.8. The third-order valence-corrected chi connectivity index (χ3v) is 6.40. The van der Waals surface area contributed by atoms with E-state index < -0.39 is 15.6 Å². The van der Waals surface area contributed by atoms with Gasteiger partial charge in [0.25, 0.3) is 5.91 Å². The van der Waals surface area contributed by atoms with Crippen molar-refractivity contribution >= 4 is 44.1 Å². The number of nitrogens with zero attached hydrogens (tertiary/aromatic N) is 1. The number of anilines is 1. The van der Waals surface area contributed by atoms with E-state index in [-0.39, 0.29) is 11.9 Å². The number of nitrogens with one attached hydrogen (secondary N) is 2. The topological polar surface area (TPSA) is 80.2 Å². The Hall–Kier alpha value is -2.51. The van der Waals surface area contributed by atoms with Crippen LogP contribution < -0.4 is 10.0 Å². The molecule has 0 bridgehead atoms. The first-order valence-electron chi connectivity index (χ1n) is 9.90. The first-order chi connectivity index (χ1) is 14.2. The molecule has 30 heavy (non-hydrogen) atoms. The lowest BCUT2D eigenvalue weighted by Gasteiger charge is -2.35. The van der Waals surface area contributed by atoms with Gasteiger partial charge in [0.05, 0.1) is 17.5 Å². The van der Waals surface area contributed by atoms with Crippen molar-refractivity contribution in [2.45, 2.75) is 37.8 Å². The van der Waals surface area contributed by atoms with Gasteiger partial charge in [-0.1, -0.05) is 36.7 Å². The fourth-order valence-electron chi connectivity index (χ4n) is 3.96. The Bertz CT molecular complexity index is 1200. The largest absolute Gasteiger partial charge is 0.351 e. The Morgan fingerprint density at radius 2 is 1.87 bits per heavy atom. The highest BCUT2D eigenvalue weighted by atomic mass is 35.5. The molecule has 8 heteroatoms. The van der Waals surface area contributed by atoms with Crippen molar-refractivity contribution in [3.63, 3.8) is 0 Å². The van der Waals surface area contributed by atoms with Crippen LogP contribution in [0.3, 0.4) is 0 Å². The summed E-state index contributed by atoms with van der Waals surface area (Å²) in [4.78, 5) is 13.6. The lowest BCUT2D eigenvalue weighted by Crippen LogP contribution is -2.49. The summed E-state index contributed by atoms with van der Waals surface area (Å²) in [5, 5.41) is 4.49. The maximum atomic E-state index is 13.6. The van der Waals surface area contributed by atoms with Gasteiger partial charge in [0.15, 0.2) is 0 Å². The Morgan fingerprint density at radius 1 is 1.17 bits per heavy atom. The number of fused-ring (bicyclic) bond motifs is 1. The molecule has 6 nitrogen and oxygen atoms in total. The summed E-state index contributed by atoms with van der Waals surface area (Å²) in [6.07, 6.45) is 5.46. The molecular weight excluding hydrogens is 422 g/mol. The zero-order valence-corrected chi connectivity index (χ0v) is 18.4. The molecule has 1 unspecified atom stereocenters. The molecule has 1 saturated carbocycles. The van der Waals surface area contributed by atoms with Crippen molar-refractivity contribution in [2.75, 3.05) is 11.0 Å². The maximum absolute atomic E-state index is 13.6. The van der Waals surface area contributed by atoms with Crippen LogP contribution in [0.4, 0.5) is 5.69 Å². The molecule has 0 aliphatic heterocycles. The second-order valence-electron chi connectivity index (χ2n) is 7.77. The third-order valence-electron chi connectivity index (χ3n) is 5.56. The van der Waals surface area contributed by atoms with Crippen molar-refractivity contribution in [2.24, 2.45) is 0 Å². The second-order valence-corrected chi connectivity index (χ2v) is 9.95. The SMILES string of the molecule is CCC(C(=O)NC1CC1)(c1ccc(Cl)cc1)n1ccc2c(NS(C)(=O)=O)cccc21. The maximum Gasteiger partial charge on any atom is 0.251 e. The molecule has 0 saturated heterocycles. The average molecular weight is 446 g/mol. The molecule has 3 aromatic rings. The van der Waals surface area contributed by atoms with Gasteiger partial charge in [0, 0.05) is 22.6 Å². The lowest BCUT2D eigenvalue weighted by molar-refractivity contribution is -0.128. The van der Waals surface area contributed by atoms with Crippen LogP contribution >= 0.6 is 11.6 Å². The van der Waals surface area contributed by atoms with Gasteiger partial charge in [-0.15, -0.1) is 0 Å². The first-order valence-corrected chi connectivity index (χ1v) is 12.2. The van der Waals surface area contributed by atoms with Gasteiger partial charge in [-0.2, -0.15) is 0 Å². The highest BCUT2D eigenvalue weighted by Crippen LogP contribution is 2.37. The number of rotatable bonds is 7. The minimum atomic E-state index is -3.43. The molecule has 1 atom stereocenters. The first kappa shape index (κ1) is 20.8. The molecule has 1 aliphatic carbocycles. The van der Waals surface area contributed by atoms with E-state index in [1.807, 2.05) is 42.0 Å². The highest BCUT2D eigenvalue weighted by molar-refractivity contribution is 7.92. The predicted molar refractivity (Wildman–Crippen MR) is 120 cm³/mol. The highest BCUT2D eigenvalue weighted by Gasteiger charge is 2.43. The van der Waals surface area contributed by atoms with Crippen LogP contribution in [0.1, 0.15) is 31.7 Å². The molecule has 2 N–H and O–H groups in total. The Balaban J connectivity index is 1.92. The monoisotopic (exact) mass is 445 g/mol. The van der Waals surface area contributed by atoms with Crippen LogP contribution in [0.15, 0.2) is 54.7 Å². The number of sulfonamides is 1. The van der Waals surface area contributed by atoms with Crippen LogP contribution in [0.5, 0.6) is 0 Å². The van der Waals surface area contributed by atoms with Crippen LogP contribution in [-0.2, 0) is 20.4 Å². The second kappa shape index (κ2) is 7.63. The molecule has 2 aromatic carbocycles. The summed E-state index contributed by atoms with van der Waals surface area (Å²) in [5.74, 6) is -0.0752. The number of halogens is 1. The molecule has 0 spiro atoms. The minimum absolute atomic E-state index is 0.0752. The average Bonchev–Trinajstić information content (AvgIpc) is 3.39. The molecule has 4 rings (SSSR count). The molecule has 1 heterocycles. The van der Waals surface area contributed by atoms with Gasteiger partial charge in [0.1, 0.15) is 5.54 Å². The van der Waals surface area contributed by atoms with E-state index in [4.69, 9.17) is 11.6 Å². The van der Waals surface area contributed by atoms with Gasteiger partial charge in [-0.05, 0) is 55.2 Å². The normalized spacial score (nSPS) is 16.2. The summed E-state index contributed by atoms with van der Waals surface area (Å²) in [6.45, 7) is 1.98. The van der Waals surface area contributed by atoms with Crippen molar-refractivity contribution in [3.05, 3.63) is 65.3 Å². The van der Waals surface area contributed by atoms with Crippen molar-refractivity contribution in [1.82, 2.24) is 9.88 Å². The summed E-state index contributed by atoms with van der Waals surface area (Å²) in [7, 11) is -3.43. The minimum Gasteiger partial charge on any atom is -0.351 e. The van der Waals surface area contributed by atoms with Crippen LogP contribution in [0.25, 0.3) is 10.9 Å². The standard InChI is InChI=1S/C22H24ClN3O3S/c1-3-22(21(27)24-17-11-12-17,15-7-9-16(23)10-8-15)26-14-13-18-19(25-30(2,28)29)5-4-6-20(18)26/h4-10,13-14,17,25H,3,11-12H2,1-2H3,(H,24,27). The summed E-state index contributed by atoms with van der Waals surface area (Å²) >= 11 is 6.11. The zero-order chi connectivity index (χ0) is 21.5. The number of carbonyl (C=O) groups is 1. The zero-order valence-electron chi connectivity index (χ0n) is 16.9. The van der Waals surface area contributed by atoms with Crippen LogP contribution in [0.2, 0.25) is 5.02 Å². The summed E-state index contributed by atoms with van der Waals surface area (Å²) < 4.78 is 28.1. The van der Waals surface area contributed by atoms with Crippen LogP contribution in [0, 0.1) is 0 Å².